The van der Waals surface area contributed by atoms with E-state index >= 15 is 0 Å². The summed E-state index contributed by atoms with van der Waals surface area (Å²) >= 11 is 0. The van der Waals surface area contributed by atoms with Crippen molar-refractivity contribution in [3.8, 4) is 0 Å². The molecule has 0 aromatic rings. The number of hydrogen-bond acceptors (Lipinski definition) is 2. The molecule has 0 bridgehead atoms. The molecule has 0 unspecified atom stereocenters. The predicted molar refractivity (Wildman–Crippen MR) is 21.1 cm³/mol. The summed E-state index contributed by atoms with van der Waals surface area (Å²) in [4.78, 5) is 2.02. The van der Waals surface area contributed by atoms with E-state index in [1.54, 1.807) is 0 Å². The Morgan fingerprint density at radius 1 is 2.17 bits per heavy atom. The number of rotatable bonds is 2. The summed E-state index contributed by atoms with van der Waals surface area (Å²) in [7, 11) is 0. The first-order valence-corrected chi connectivity index (χ1v) is 1.10. The average molecular weight is 91.1 g/mol. The molecular weight excluding hydrogens is 82.0 g/mol. The van der Waals surface area contributed by atoms with Crippen LogP contribution in [0.1, 0.15) is 5.48 Å². The molecule has 0 amide bonds. The normalized spacial score (nSPS) is 21.5. The molecule has 0 spiro atoms. The molecule has 4 nitrogen and oxygen atoms in total. The van der Waals surface area contributed by atoms with Gasteiger partial charge in [-0.3, -0.25) is 0 Å². The maximum absolute atomic E-state index is 8.37. The Bertz CT molecular complexity index is 168. The van der Waals surface area contributed by atoms with E-state index in [-0.39, 0.29) is 0 Å². The number of hydrogen-bond donors (Lipinski definition) is 1. The van der Waals surface area contributed by atoms with Gasteiger partial charge in [0.15, 0.2) is 0 Å². The van der Waals surface area contributed by atoms with E-state index in [1.165, 1.54) is 0 Å². The fourth-order valence-corrected chi connectivity index (χ4v) is 0.0447. The van der Waals surface area contributed by atoms with Gasteiger partial charge in [0.05, 0.1) is 2.74 Å². The van der Waals surface area contributed by atoms with Crippen molar-refractivity contribution < 1.29 is 10.6 Å². The molecule has 0 aliphatic carbocycles. The van der Waals surface area contributed by atoms with Crippen molar-refractivity contribution in [3.63, 3.8) is 0 Å². The summed E-state index contributed by atoms with van der Waals surface area (Å²) in [6.45, 7) is -6.05. The van der Waals surface area contributed by atoms with E-state index < -0.39 is 13.1 Å². The van der Waals surface area contributed by atoms with Gasteiger partial charge in [0, 0.05) is 20.7 Å². The zero-order valence-electron chi connectivity index (χ0n) is 6.79. The van der Waals surface area contributed by atoms with Crippen LogP contribution in [0.15, 0.2) is 5.11 Å². The van der Waals surface area contributed by atoms with Gasteiger partial charge in [0.2, 0.25) is 0 Å². The molecule has 0 atom stereocenters. The van der Waals surface area contributed by atoms with Crippen molar-refractivity contribution in [2.24, 2.45) is 5.11 Å². The van der Waals surface area contributed by atoms with Crippen LogP contribution in [0.3, 0.4) is 0 Å². The Morgan fingerprint density at radius 3 is 3.00 bits per heavy atom. The van der Waals surface area contributed by atoms with Gasteiger partial charge in [-0.25, -0.2) is 0 Å². The first kappa shape index (κ1) is 1.40. The van der Waals surface area contributed by atoms with Gasteiger partial charge >= 0.3 is 0 Å². The van der Waals surface area contributed by atoms with Crippen LogP contribution in [0.5, 0.6) is 0 Å². The van der Waals surface area contributed by atoms with E-state index in [1.807, 2.05) is 4.91 Å². The van der Waals surface area contributed by atoms with Crippen molar-refractivity contribution in [1.29, 1.82) is 0 Å². The molecule has 34 valence electrons. The highest BCUT2D eigenvalue weighted by atomic mass is 16.3. The second-order valence-corrected chi connectivity index (χ2v) is 0.413. The first-order chi connectivity index (χ1) is 4.31. The highest BCUT2D eigenvalue weighted by Crippen LogP contribution is 1.63. The smallest absolute Gasteiger partial charge is 0.0565 e. The second-order valence-electron chi connectivity index (χ2n) is 0.413. The molecule has 0 aliphatic heterocycles. The van der Waals surface area contributed by atoms with Gasteiger partial charge in [-0.1, -0.05) is 5.11 Å². The van der Waals surface area contributed by atoms with Crippen molar-refractivity contribution >= 4 is 0 Å². The Hall–Kier alpha value is -0.730. The minimum Gasteiger partial charge on any atom is -0.396 e. The Balaban J connectivity index is 4.56. The van der Waals surface area contributed by atoms with Crippen LogP contribution in [-0.4, -0.2) is 18.2 Å². The summed E-state index contributed by atoms with van der Waals surface area (Å²) in [5.74, 6) is 0. The lowest BCUT2D eigenvalue weighted by molar-refractivity contribution is 0.306. The molecule has 0 aromatic carbocycles. The van der Waals surface area contributed by atoms with E-state index in [9.17, 15) is 0 Å². The third kappa shape index (κ3) is 3.27. The monoisotopic (exact) mass is 91.1 g/mol. The quantitative estimate of drug-likeness (QED) is 0.296. The van der Waals surface area contributed by atoms with Crippen LogP contribution in [0.25, 0.3) is 10.4 Å². The standard InChI is InChI=1S/C2H5N3O/c3-5-4-1-2-6/h6H,1-2H2/i1D2,2D2. The topological polar surface area (TPSA) is 69.0 Å². The highest BCUT2D eigenvalue weighted by Gasteiger charge is 1.66. The first-order valence-electron chi connectivity index (χ1n) is 3.10. The molecule has 6 heavy (non-hydrogen) atoms. The van der Waals surface area contributed by atoms with Gasteiger partial charge in [-0.15, -0.1) is 0 Å². The van der Waals surface area contributed by atoms with Gasteiger partial charge in [-0.05, 0) is 5.53 Å². The van der Waals surface area contributed by atoms with Crippen molar-refractivity contribution in [3.05, 3.63) is 10.4 Å². The van der Waals surface area contributed by atoms with Crippen LogP contribution >= 0.6 is 0 Å². The molecule has 0 saturated heterocycles. The fraction of sp³-hybridized carbons (Fsp3) is 1.00. The van der Waals surface area contributed by atoms with Crippen LogP contribution in [0.4, 0.5) is 0 Å². The molecule has 0 rings (SSSR count). The molecular formula is C2H5N3O. The van der Waals surface area contributed by atoms with Crippen LogP contribution < -0.4 is 0 Å². The third-order valence-corrected chi connectivity index (χ3v) is 0.145. The maximum atomic E-state index is 8.37. The third-order valence-electron chi connectivity index (χ3n) is 0.145. The molecule has 0 saturated carbocycles. The van der Waals surface area contributed by atoms with Crippen LogP contribution in [0, 0.1) is 0 Å². The predicted octanol–water partition coefficient (Wildman–Crippen LogP) is 0.289. The molecule has 1 N–H and O–H groups in total. The van der Waals surface area contributed by atoms with E-state index in [0.717, 1.165) is 0 Å². The Kier molecular flexibility index (Phi) is 1.000. The maximum Gasteiger partial charge on any atom is 0.0565 e. The number of azide groups is 1. The summed E-state index contributed by atoms with van der Waals surface area (Å²) in [5.41, 5.74) is 7.71. The van der Waals surface area contributed by atoms with Gasteiger partial charge in [0.1, 0.15) is 0 Å². The van der Waals surface area contributed by atoms with E-state index in [2.05, 4.69) is 5.11 Å². The van der Waals surface area contributed by atoms with Crippen LogP contribution in [-0.2, 0) is 0 Å². The minimum absolute atomic E-state index is 2.02. The van der Waals surface area contributed by atoms with Gasteiger partial charge in [-0.2, -0.15) is 0 Å². The highest BCUT2D eigenvalue weighted by molar-refractivity contribution is 4.40. The minimum atomic E-state index is -3.14. The molecule has 4 heteroatoms. The average Bonchev–Trinajstić information content (AvgIpc) is 1.61. The Morgan fingerprint density at radius 2 is 2.83 bits per heavy atom. The van der Waals surface area contributed by atoms with E-state index in [0.29, 0.717) is 0 Å². The van der Waals surface area contributed by atoms with Crippen LogP contribution in [0.2, 0.25) is 0 Å². The zero-order chi connectivity index (χ0) is 8.41. The summed E-state index contributed by atoms with van der Waals surface area (Å²) in [6.07, 6.45) is 0. The SMILES string of the molecule is [2H]C([2H])(O)C([2H])([2H])N=[N+]=[N-]. The molecule has 0 aliphatic rings. The lowest BCUT2D eigenvalue weighted by Gasteiger charge is -1.72. The number of nitrogens with zero attached hydrogens (tertiary/aromatic N) is 3. The summed E-state index contributed by atoms with van der Waals surface area (Å²) in [5, 5.41) is 10.8. The largest absolute Gasteiger partial charge is 0.396 e. The fourth-order valence-electron chi connectivity index (χ4n) is 0.0447. The van der Waals surface area contributed by atoms with E-state index in [4.69, 9.17) is 16.1 Å². The molecule has 0 radical (unpaired) electrons. The summed E-state index contributed by atoms with van der Waals surface area (Å²) in [6, 6.07) is 0. The van der Waals surface area contributed by atoms with Crippen molar-refractivity contribution in [2.45, 2.75) is 0 Å². The molecule has 0 heterocycles. The Labute approximate surface area is 40.7 Å². The van der Waals surface area contributed by atoms with Gasteiger partial charge in [0.25, 0.3) is 0 Å². The summed E-state index contributed by atoms with van der Waals surface area (Å²) < 4.78 is 26.0. The van der Waals surface area contributed by atoms with Gasteiger partial charge < -0.3 is 5.11 Å². The zero-order valence-corrected chi connectivity index (χ0v) is 2.79. The lowest BCUT2D eigenvalue weighted by Crippen LogP contribution is -1.82. The van der Waals surface area contributed by atoms with Crippen molar-refractivity contribution in [2.75, 3.05) is 13.1 Å². The lowest BCUT2D eigenvalue weighted by atomic mass is 10.8. The second kappa shape index (κ2) is 4.27. The number of aliphatic hydroxyl groups is 1. The molecule has 0 aromatic heterocycles. The molecule has 0 fully saturated rings. The van der Waals surface area contributed by atoms with Crippen molar-refractivity contribution in [1.82, 2.24) is 0 Å².